The summed E-state index contributed by atoms with van der Waals surface area (Å²) in [5, 5.41) is 2.62. The molecule has 10 heteroatoms. The first kappa shape index (κ1) is 23.7. The monoisotopic (exact) mass is 534 g/mol. The molecule has 2 aromatic carbocycles. The van der Waals surface area contributed by atoms with Gasteiger partial charge < -0.3 is 14.8 Å². The zero-order chi connectivity index (χ0) is 23.3. The minimum Gasteiger partial charge on any atom is -0.493 e. The van der Waals surface area contributed by atoms with E-state index in [1.165, 1.54) is 7.11 Å². The lowest BCUT2D eigenvalue weighted by molar-refractivity contribution is -0.127. The molecule has 0 saturated carbocycles. The van der Waals surface area contributed by atoms with Crippen LogP contribution in [0.2, 0.25) is 5.02 Å². The maximum absolute atomic E-state index is 12.7. The Morgan fingerprint density at radius 3 is 2.69 bits per heavy atom. The van der Waals surface area contributed by atoms with Crippen LogP contribution in [0.4, 0.5) is 10.5 Å². The number of imide groups is 1. The van der Waals surface area contributed by atoms with Crippen molar-refractivity contribution in [1.29, 1.82) is 0 Å². The van der Waals surface area contributed by atoms with Crippen molar-refractivity contribution in [3.63, 3.8) is 0 Å². The van der Waals surface area contributed by atoms with Gasteiger partial charge in [0.05, 0.1) is 16.5 Å². The summed E-state index contributed by atoms with van der Waals surface area (Å²) in [7, 11) is 1.47. The van der Waals surface area contributed by atoms with Crippen LogP contribution in [-0.4, -0.2) is 42.2 Å². The Bertz CT molecular complexity index is 1140. The number of carbonyl (C=O) groups is 3. The van der Waals surface area contributed by atoms with E-state index in [4.69, 9.17) is 27.5 Å². The smallest absolute Gasteiger partial charge is 0.294 e. The summed E-state index contributed by atoms with van der Waals surface area (Å²) >= 11 is 9.97. The van der Waals surface area contributed by atoms with Crippen LogP contribution < -0.4 is 14.8 Å². The van der Waals surface area contributed by atoms with Gasteiger partial charge in [0, 0.05) is 10.7 Å². The number of terminal acetylenes is 1. The molecule has 1 heterocycles. The predicted molar refractivity (Wildman–Crippen MR) is 128 cm³/mol. The number of methoxy groups -OCH3 is 1. The molecule has 164 valence electrons. The molecular formula is C22H16BrClN2O5S. The summed E-state index contributed by atoms with van der Waals surface area (Å²) in [6.45, 7) is -0.345. The van der Waals surface area contributed by atoms with Crippen molar-refractivity contribution in [1.82, 2.24) is 4.90 Å². The molecule has 0 unspecified atom stereocenters. The molecule has 1 saturated heterocycles. The van der Waals surface area contributed by atoms with Gasteiger partial charge in [-0.05, 0) is 75.7 Å². The second kappa shape index (κ2) is 10.6. The third kappa shape index (κ3) is 5.65. The fraction of sp³-hybridized carbons (Fsp3) is 0.136. The summed E-state index contributed by atoms with van der Waals surface area (Å²) in [6.07, 6.45) is 6.77. The van der Waals surface area contributed by atoms with Crippen LogP contribution in [0.3, 0.4) is 0 Å². The molecule has 0 bridgehead atoms. The highest BCUT2D eigenvalue weighted by Crippen LogP contribution is 2.39. The number of ether oxygens (including phenoxy) is 2. The van der Waals surface area contributed by atoms with Gasteiger partial charge in [-0.15, -0.1) is 6.42 Å². The van der Waals surface area contributed by atoms with Crippen molar-refractivity contribution in [3.8, 4) is 23.8 Å². The average molecular weight is 536 g/mol. The number of rotatable bonds is 7. The fourth-order valence-corrected chi connectivity index (χ4v) is 4.28. The Balaban J connectivity index is 1.75. The molecule has 0 radical (unpaired) electrons. The van der Waals surface area contributed by atoms with Crippen molar-refractivity contribution in [2.75, 3.05) is 25.6 Å². The summed E-state index contributed by atoms with van der Waals surface area (Å²) in [5.41, 5.74) is 1.10. The second-order valence-corrected chi connectivity index (χ2v) is 8.63. The molecule has 32 heavy (non-hydrogen) atoms. The van der Waals surface area contributed by atoms with Gasteiger partial charge in [0.25, 0.3) is 11.1 Å². The molecule has 0 atom stereocenters. The van der Waals surface area contributed by atoms with E-state index < -0.39 is 23.6 Å². The van der Waals surface area contributed by atoms with Gasteiger partial charge >= 0.3 is 0 Å². The highest BCUT2D eigenvalue weighted by molar-refractivity contribution is 9.10. The fourth-order valence-electron chi connectivity index (χ4n) is 2.74. The Hall–Kier alpha value is -2.93. The van der Waals surface area contributed by atoms with Gasteiger partial charge in [-0.25, -0.2) is 0 Å². The van der Waals surface area contributed by atoms with E-state index >= 15 is 0 Å². The molecule has 3 amide bonds. The standard InChI is InChI=1S/C22H16BrClN2O5S/c1-3-8-31-20-16(23)9-13(10-17(20)30-2)11-18-21(28)26(22(29)32-18)12-19(27)25-15-6-4-14(24)5-7-15/h1,4-7,9-11H,8,12H2,2H3,(H,25,27)/b18-11-. The molecule has 2 aromatic rings. The Kier molecular flexibility index (Phi) is 7.85. The summed E-state index contributed by atoms with van der Waals surface area (Å²) in [5.74, 6) is 2.14. The van der Waals surface area contributed by atoms with Crippen LogP contribution in [0.15, 0.2) is 45.8 Å². The quantitative estimate of drug-likeness (QED) is 0.405. The summed E-state index contributed by atoms with van der Waals surface area (Å²) in [6, 6.07) is 9.84. The zero-order valence-electron chi connectivity index (χ0n) is 16.7. The number of carbonyl (C=O) groups excluding carboxylic acids is 3. The number of nitrogens with one attached hydrogen (secondary N) is 1. The molecule has 1 N–H and O–H groups in total. The highest BCUT2D eigenvalue weighted by Gasteiger charge is 2.36. The number of hydrogen-bond donors (Lipinski definition) is 1. The first-order valence-electron chi connectivity index (χ1n) is 9.07. The van der Waals surface area contributed by atoms with E-state index in [0.717, 1.165) is 16.7 Å². The van der Waals surface area contributed by atoms with Gasteiger partial charge in [0.2, 0.25) is 5.91 Å². The van der Waals surface area contributed by atoms with Gasteiger partial charge in [0.1, 0.15) is 13.2 Å². The van der Waals surface area contributed by atoms with Crippen LogP contribution in [0.5, 0.6) is 11.5 Å². The highest BCUT2D eigenvalue weighted by atomic mass is 79.9. The Morgan fingerprint density at radius 1 is 1.31 bits per heavy atom. The maximum atomic E-state index is 12.7. The number of amides is 3. The van der Waals surface area contributed by atoms with Crippen molar-refractivity contribution in [3.05, 3.63) is 56.4 Å². The number of anilines is 1. The number of thioether (sulfide) groups is 1. The summed E-state index contributed by atoms with van der Waals surface area (Å²) in [4.78, 5) is 38.4. The van der Waals surface area contributed by atoms with Gasteiger partial charge in [-0.3, -0.25) is 19.3 Å². The zero-order valence-corrected chi connectivity index (χ0v) is 19.8. The van der Waals surface area contributed by atoms with Crippen molar-refractivity contribution in [2.24, 2.45) is 0 Å². The largest absolute Gasteiger partial charge is 0.493 e. The Morgan fingerprint density at radius 2 is 2.03 bits per heavy atom. The minimum atomic E-state index is -0.561. The number of halogens is 2. The lowest BCUT2D eigenvalue weighted by Crippen LogP contribution is -2.36. The third-order valence-electron chi connectivity index (χ3n) is 4.15. The van der Waals surface area contributed by atoms with E-state index in [0.29, 0.717) is 32.2 Å². The van der Waals surface area contributed by atoms with Gasteiger partial charge in [-0.2, -0.15) is 0 Å². The van der Waals surface area contributed by atoms with E-state index in [9.17, 15) is 14.4 Å². The lowest BCUT2D eigenvalue weighted by atomic mass is 10.2. The van der Waals surface area contributed by atoms with Crippen LogP contribution in [0, 0.1) is 12.3 Å². The van der Waals surface area contributed by atoms with Crippen molar-refractivity contribution < 1.29 is 23.9 Å². The van der Waals surface area contributed by atoms with Gasteiger partial charge in [-0.1, -0.05) is 17.5 Å². The summed E-state index contributed by atoms with van der Waals surface area (Å²) < 4.78 is 11.4. The van der Waals surface area contributed by atoms with E-state index in [1.54, 1.807) is 42.5 Å². The Labute approximate surface area is 202 Å². The van der Waals surface area contributed by atoms with Crippen molar-refractivity contribution in [2.45, 2.75) is 0 Å². The topological polar surface area (TPSA) is 84.9 Å². The van der Waals surface area contributed by atoms with Crippen LogP contribution in [0.1, 0.15) is 5.56 Å². The number of benzene rings is 2. The molecule has 0 aromatic heterocycles. The van der Waals surface area contributed by atoms with E-state index in [-0.39, 0.29) is 11.5 Å². The molecule has 1 fully saturated rings. The van der Waals surface area contributed by atoms with Gasteiger partial charge in [0.15, 0.2) is 11.5 Å². The molecule has 1 aliphatic heterocycles. The molecule has 1 aliphatic rings. The first-order chi connectivity index (χ1) is 15.3. The normalized spacial score (nSPS) is 14.4. The molecule has 3 rings (SSSR count). The van der Waals surface area contributed by atoms with Crippen LogP contribution >= 0.6 is 39.3 Å². The molecule has 0 aliphatic carbocycles. The number of hydrogen-bond acceptors (Lipinski definition) is 6. The maximum Gasteiger partial charge on any atom is 0.294 e. The number of nitrogens with zero attached hydrogens (tertiary/aromatic N) is 1. The van der Waals surface area contributed by atoms with Crippen LogP contribution in [-0.2, 0) is 9.59 Å². The predicted octanol–water partition coefficient (Wildman–Crippen LogP) is 4.80. The van der Waals surface area contributed by atoms with E-state index in [1.807, 2.05) is 0 Å². The molecular weight excluding hydrogens is 520 g/mol. The average Bonchev–Trinajstić information content (AvgIpc) is 3.01. The molecule has 0 spiro atoms. The first-order valence-corrected chi connectivity index (χ1v) is 11.1. The minimum absolute atomic E-state index is 0.0608. The van der Waals surface area contributed by atoms with Crippen LogP contribution in [0.25, 0.3) is 6.08 Å². The molecule has 7 nitrogen and oxygen atoms in total. The second-order valence-electron chi connectivity index (χ2n) is 6.35. The SMILES string of the molecule is C#CCOc1c(Br)cc(/C=C2\SC(=O)N(CC(=O)Nc3ccc(Cl)cc3)C2=O)cc1OC. The lowest BCUT2D eigenvalue weighted by Gasteiger charge is -2.13. The third-order valence-corrected chi connectivity index (χ3v) is 5.90. The van der Waals surface area contributed by atoms with E-state index in [2.05, 4.69) is 27.2 Å². The van der Waals surface area contributed by atoms with Crippen molar-refractivity contribution >= 4 is 68.1 Å².